The van der Waals surface area contributed by atoms with Crippen molar-refractivity contribution in [3.63, 3.8) is 0 Å². The Bertz CT molecular complexity index is 1010. The maximum absolute atomic E-state index is 12.5. The van der Waals surface area contributed by atoms with Gasteiger partial charge in [-0.2, -0.15) is 0 Å². The molecule has 0 aliphatic heterocycles. The molecule has 2 aromatic carbocycles. The number of ether oxygens (including phenoxy) is 3. The van der Waals surface area contributed by atoms with Gasteiger partial charge in [0.25, 0.3) is 0 Å². The molecule has 0 aliphatic carbocycles. The fourth-order valence-corrected chi connectivity index (χ4v) is 3.18. The van der Waals surface area contributed by atoms with Crippen LogP contribution in [0.25, 0.3) is 6.08 Å². The largest absolute Gasteiger partial charge is 0.495 e. The number of nitrogens with zero attached hydrogens (tertiary/aromatic N) is 1. The number of likely N-dealkylation sites (N-methyl/N-ethyl adjacent to an activating group) is 1. The highest BCUT2D eigenvalue weighted by Crippen LogP contribution is 2.37. The topological polar surface area (TPSA) is 77.1 Å². The van der Waals surface area contributed by atoms with Crippen molar-refractivity contribution in [2.75, 3.05) is 33.1 Å². The molecule has 9 heteroatoms. The monoisotopic (exact) mass is 480 g/mol. The molecule has 0 bridgehead atoms. The minimum absolute atomic E-state index is 0.0731. The highest BCUT2D eigenvalue weighted by Gasteiger charge is 2.15. The number of hydrogen-bond acceptors (Lipinski definition) is 5. The second kappa shape index (κ2) is 11.6. The van der Waals surface area contributed by atoms with Crippen molar-refractivity contribution in [1.29, 1.82) is 0 Å². The lowest BCUT2D eigenvalue weighted by atomic mass is 10.1. The van der Waals surface area contributed by atoms with Gasteiger partial charge in [0.05, 0.1) is 37.6 Å². The molecule has 0 spiro atoms. The van der Waals surface area contributed by atoms with Gasteiger partial charge in [-0.3, -0.25) is 9.59 Å². The lowest BCUT2D eigenvalue weighted by Gasteiger charge is -2.16. The standard InChI is InChI=1S/C23H26Cl2N2O5/c1-14(2)32-23-17(25)10-15(11-20(23)31-5)6-9-22(29)27(3)13-21(28)26-18-12-16(24)7-8-19(18)30-4/h6-12,14H,13H2,1-5H3,(H,26,28)/b9-6+. The van der Waals surface area contributed by atoms with Gasteiger partial charge in [0, 0.05) is 18.1 Å². The number of carbonyl (C=O) groups excluding carboxylic acids is 2. The van der Waals surface area contributed by atoms with Crippen molar-refractivity contribution in [2.45, 2.75) is 20.0 Å². The zero-order valence-electron chi connectivity index (χ0n) is 18.6. The Hall–Kier alpha value is -2.90. The van der Waals surface area contributed by atoms with Crippen LogP contribution in [0, 0.1) is 0 Å². The zero-order valence-corrected chi connectivity index (χ0v) is 20.1. The average Bonchev–Trinajstić information content (AvgIpc) is 2.73. The third-order valence-corrected chi connectivity index (χ3v) is 4.73. The van der Waals surface area contributed by atoms with E-state index in [9.17, 15) is 9.59 Å². The minimum atomic E-state index is -0.394. The maximum Gasteiger partial charge on any atom is 0.246 e. The zero-order chi connectivity index (χ0) is 23.8. The molecule has 2 rings (SSSR count). The molecule has 0 saturated heterocycles. The predicted molar refractivity (Wildman–Crippen MR) is 127 cm³/mol. The number of benzene rings is 2. The second-order valence-electron chi connectivity index (χ2n) is 7.12. The molecule has 0 heterocycles. The number of amides is 2. The van der Waals surface area contributed by atoms with Crippen LogP contribution in [0.4, 0.5) is 5.69 Å². The van der Waals surface area contributed by atoms with Crippen molar-refractivity contribution in [1.82, 2.24) is 4.90 Å². The van der Waals surface area contributed by atoms with Gasteiger partial charge in [-0.25, -0.2) is 0 Å². The summed E-state index contributed by atoms with van der Waals surface area (Å²) in [5.74, 6) is 0.609. The van der Waals surface area contributed by atoms with Crippen LogP contribution in [-0.2, 0) is 9.59 Å². The van der Waals surface area contributed by atoms with Crippen LogP contribution in [-0.4, -0.2) is 50.6 Å². The van der Waals surface area contributed by atoms with Crippen LogP contribution in [0.5, 0.6) is 17.2 Å². The third kappa shape index (κ3) is 7.07. The molecule has 32 heavy (non-hydrogen) atoms. The highest BCUT2D eigenvalue weighted by molar-refractivity contribution is 6.32. The van der Waals surface area contributed by atoms with Gasteiger partial charge in [0.15, 0.2) is 11.5 Å². The first kappa shape index (κ1) is 25.4. The van der Waals surface area contributed by atoms with Gasteiger partial charge in [-0.15, -0.1) is 0 Å². The smallest absolute Gasteiger partial charge is 0.246 e. The first-order chi connectivity index (χ1) is 15.1. The maximum atomic E-state index is 12.5. The lowest BCUT2D eigenvalue weighted by molar-refractivity contribution is -0.129. The normalized spacial score (nSPS) is 10.9. The SMILES string of the molecule is COc1ccc(Cl)cc1NC(=O)CN(C)C(=O)/C=C/c1cc(Cl)c(OC(C)C)c(OC)c1. The summed E-state index contributed by atoms with van der Waals surface area (Å²) in [4.78, 5) is 26.1. The highest BCUT2D eigenvalue weighted by atomic mass is 35.5. The van der Waals surface area contributed by atoms with Crippen molar-refractivity contribution in [3.8, 4) is 17.2 Å². The number of halogens is 2. The van der Waals surface area contributed by atoms with Gasteiger partial charge in [0.1, 0.15) is 5.75 Å². The Balaban J connectivity index is 2.05. The quantitative estimate of drug-likeness (QED) is 0.516. The summed E-state index contributed by atoms with van der Waals surface area (Å²) in [6.45, 7) is 3.61. The average molecular weight is 481 g/mol. The number of rotatable bonds is 9. The van der Waals surface area contributed by atoms with Gasteiger partial charge in [-0.05, 0) is 55.8 Å². The van der Waals surface area contributed by atoms with Crippen LogP contribution in [0.2, 0.25) is 10.0 Å². The van der Waals surface area contributed by atoms with E-state index in [-0.39, 0.29) is 18.6 Å². The molecular weight excluding hydrogens is 455 g/mol. The molecule has 0 aromatic heterocycles. The first-order valence-electron chi connectivity index (χ1n) is 9.75. The van der Waals surface area contributed by atoms with Gasteiger partial charge in [0.2, 0.25) is 11.8 Å². The fraction of sp³-hybridized carbons (Fsp3) is 0.304. The number of nitrogens with one attached hydrogen (secondary N) is 1. The van der Waals surface area contributed by atoms with E-state index >= 15 is 0 Å². The van der Waals surface area contributed by atoms with E-state index in [4.69, 9.17) is 37.4 Å². The predicted octanol–water partition coefficient (Wildman–Crippen LogP) is 4.91. The van der Waals surface area contributed by atoms with Crippen LogP contribution in [0.15, 0.2) is 36.4 Å². The molecule has 0 fully saturated rings. The molecule has 2 amide bonds. The van der Waals surface area contributed by atoms with E-state index in [1.807, 2.05) is 13.8 Å². The third-order valence-electron chi connectivity index (χ3n) is 4.22. The summed E-state index contributed by atoms with van der Waals surface area (Å²) in [5, 5.41) is 3.51. The van der Waals surface area contributed by atoms with E-state index in [1.165, 1.54) is 32.2 Å². The van der Waals surface area contributed by atoms with Crippen LogP contribution in [0.1, 0.15) is 19.4 Å². The summed E-state index contributed by atoms with van der Waals surface area (Å²) in [7, 11) is 4.52. The Labute approximate surface area is 197 Å². The number of hydrogen-bond donors (Lipinski definition) is 1. The second-order valence-corrected chi connectivity index (χ2v) is 7.96. The van der Waals surface area contributed by atoms with Crippen molar-refractivity contribution < 1.29 is 23.8 Å². The summed E-state index contributed by atoms with van der Waals surface area (Å²) >= 11 is 12.3. The Morgan fingerprint density at radius 3 is 2.41 bits per heavy atom. The van der Waals surface area contributed by atoms with E-state index in [0.29, 0.717) is 38.5 Å². The summed E-state index contributed by atoms with van der Waals surface area (Å²) in [5.41, 5.74) is 1.07. The molecule has 1 N–H and O–H groups in total. The minimum Gasteiger partial charge on any atom is -0.495 e. The van der Waals surface area contributed by atoms with Gasteiger partial charge in [-0.1, -0.05) is 23.2 Å². The van der Waals surface area contributed by atoms with E-state index in [0.717, 1.165) is 0 Å². The lowest BCUT2D eigenvalue weighted by Crippen LogP contribution is -2.33. The molecular formula is C23H26Cl2N2O5. The van der Waals surface area contributed by atoms with E-state index in [2.05, 4.69) is 5.32 Å². The number of methoxy groups -OCH3 is 2. The van der Waals surface area contributed by atoms with E-state index in [1.54, 1.807) is 36.4 Å². The fourth-order valence-electron chi connectivity index (χ4n) is 2.74. The van der Waals surface area contributed by atoms with Crippen LogP contribution >= 0.6 is 23.2 Å². The summed E-state index contributed by atoms with van der Waals surface area (Å²) in [6, 6.07) is 8.25. The molecule has 7 nitrogen and oxygen atoms in total. The molecule has 0 atom stereocenters. The molecule has 0 saturated carbocycles. The van der Waals surface area contributed by atoms with Crippen LogP contribution < -0.4 is 19.5 Å². The van der Waals surface area contributed by atoms with Gasteiger partial charge < -0.3 is 24.4 Å². The van der Waals surface area contributed by atoms with Crippen molar-refractivity contribution in [2.24, 2.45) is 0 Å². The molecule has 0 aliphatic rings. The summed E-state index contributed by atoms with van der Waals surface area (Å²) < 4.78 is 16.2. The van der Waals surface area contributed by atoms with Crippen LogP contribution in [0.3, 0.4) is 0 Å². The Morgan fingerprint density at radius 2 is 1.78 bits per heavy atom. The Morgan fingerprint density at radius 1 is 1.09 bits per heavy atom. The molecule has 0 unspecified atom stereocenters. The molecule has 2 aromatic rings. The first-order valence-corrected chi connectivity index (χ1v) is 10.5. The number of anilines is 1. The Kier molecular flexibility index (Phi) is 9.23. The molecule has 172 valence electrons. The number of carbonyl (C=O) groups is 2. The summed E-state index contributed by atoms with van der Waals surface area (Å²) in [6.07, 6.45) is 2.86. The van der Waals surface area contributed by atoms with Crippen molar-refractivity contribution >= 4 is 46.8 Å². The van der Waals surface area contributed by atoms with Gasteiger partial charge >= 0.3 is 0 Å². The van der Waals surface area contributed by atoms with E-state index < -0.39 is 5.91 Å². The molecule has 0 radical (unpaired) electrons. The van der Waals surface area contributed by atoms with Crippen molar-refractivity contribution in [3.05, 3.63) is 52.0 Å².